The van der Waals surface area contributed by atoms with E-state index < -0.39 is 97.5 Å². The Morgan fingerprint density at radius 1 is 0.337 bits per heavy atom. The molecule has 17 nitrogen and oxygen atoms in total. The molecule has 0 saturated heterocycles. The molecule has 19 heteroatoms. The molecule has 0 spiro atoms. The van der Waals surface area contributed by atoms with Gasteiger partial charge in [-0.25, -0.2) is 9.13 Å². The minimum Gasteiger partial charge on any atom is -0.462 e. The van der Waals surface area contributed by atoms with Crippen molar-refractivity contribution in [2.24, 2.45) is 23.7 Å². The van der Waals surface area contributed by atoms with Crippen LogP contribution in [-0.4, -0.2) is 96.7 Å². The Morgan fingerprint density at radius 3 is 0.855 bits per heavy atom. The number of ether oxygens (including phenoxy) is 4. The van der Waals surface area contributed by atoms with E-state index in [4.69, 9.17) is 37.0 Å². The van der Waals surface area contributed by atoms with Crippen LogP contribution in [0.2, 0.25) is 0 Å². The number of rotatable bonds is 61. The summed E-state index contributed by atoms with van der Waals surface area (Å²) in [7, 11) is -9.89. The van der Waals surface area contributed by atoms with Crippen molar-refractivity contribution in [3.8, 4) is 0 Å². The molecule has 0 bridgehead atoms. The van der Waals surface area contributed by atoms with E-state index in [9.17, 15) is 43.2 Å². The minimum absolute atomic E-state index is 0.101. The van der Waals surface area contributed by atoms with Crippen molar-refractivity contribution in [1.29, 1.82) is 0 Å². The van der Waals surface area contributed by atoms with Crippen molar-refractivity contribution in [3.63, 3.8) is 0 Å². The van der Waals surface area contributed by atoms with Crippen LogP contribution in [0.15, 0.2) is 0 Å². The van der Waals surface area contributed by atoms with Crippen LogP contribution >= 0.6 is 15.6 Å². The van der Waals surface area contributed by atoms with Crippen LogP contribution in [0, 0.1) is 23.7 Å². The molecule has 0 saturated carbocycles. The Hall–Kier alpha value is -1.94. The molecule has 4 unspecified atom stereocenters. The lowest BCUT2D eigenvalue weighted by Crippen LogP contribution is -2.30. The number of hydrogen-bond acceptors (Lipinski definition) is 15. The normalized spacial score (nSPS) is 15.1. The molecule has 0 rings (SSSR count). The molecular formula is C64H124O17P2. The van der Waals surface area contributed by atoms with E-state index >= 15 is 0 Å². The van der Waals surface area contributed by atoms with E-state index in [2.05, 4.69) is 55.4 Å². The van der Waals surface area contributed by atoms with Gasteiger partial charge in [-0.2, -0.15) is 0 Å². The van der Waals surface area contributed by atoms with Crippen molar-refractivity contribution in [3.05, 3.63) is 0 Å². The zero-order chi connectivity index (χ0) is 61.8. The Bertz CT molecular complexity index is 1670. The number of unbranched alkanes of at least 4 members (excludes halogenated alkanes) is 25. The first-order chi connectivity index (χ1) is 39.7. The molecule has 0 radical (unpaired) electrons. The van der Waals surface area contributed by atoms with Gasteiger partial charge in [0.25, 0.3) is 0 Å². The number of aliphatic hydroxyl groups excluding tert-OH is 1. The highest BCUT2D eigenvalue weighted by Gasteiger charge is 2.30. The van der Waals surface area contributed by atoms with Crippen LogP contribution in [-0.2, 0) is 65.4 Å². The van der Waals surface area contributed by atoms with Gasteiger partial charge in [0.1, 0.15) is 19.3 Å². The lowest BCUT2D eigenvalue weighted by Gasteiger charge is -2.21. The Balaban J connectivity index is 5.27. The number of hydrogen-bond donors (Lipinski definition) is 3. The maximum Gasteiger partial charge on any atom is 0.472 e. The van der Waals surface area contributed by atoms with Gasteiger partial charge < -0.3 is 33.8 Å². The predicted molar refractivity (Wildman–Crippen MR) is 331 cm³/mol. The lowest BCUT2D eigenvalue weighted by atomic mass is 10.00. The summed E-state index contributed by atoms with van der Waals surface area (Å²) in [5, 5.41) is 10.5. The molecule has 0 aromatic heterocycles. The van der Waals surface area contributed by atoms with Crippen LogP contribution in [0.1, 0.15) is 306 Å². The molecular weight excluding hydrogens is 1100 g/mol. The molecule has 0 fully saturated rings. The van der Waals surface area contributed by atoms with Gasteiger partial charge >= 0.3 is 39.5 Å². The van der Waals surface area contributed by atoms with Crippen molar-refractivity contribution >= 4 is 39.5 Å². The van der Waals surface area contributed by atoms with Crippen LogP contribution in [0.3, 0.4) is 0 Å². The first kappa shape index (κ1) is 81.1. The Morgan fingerprint density at radius 2 is 0.578 bits per heavy atom. The number of phosphoric ester groups is 2. The number of aliphatic hydroxyl groups is 1. The second-order valence-electron chi connectivity index (χ2n) is 24.6. The highest BCUT2D eigenvalue weighted by molar-refractivity contribution is 7.47. The van der Waals surface area contributed by atoms with E-state index in [1.165, 1.54) is 103 Å². The van der Waals surface area contributed by atoms with Gasteiger partial charge in [0, 0.05) is 25.7 Å². The lowest BCUT2D eigenvalue weighted by molar-refractivity contribution is -0.161. The quantitative estimate of drug-likeness (QED) is 0.0222. The van der Waals surface area contributed by atoms with Gasteiger partial charge in [0.05, 0.1) is 26.4 Å². The maximum absolute atomic E-state index is 13.0. The molecule has 0 aliphatic carbocycles. The molecule has 0 amide bonds. The van der Waals surface area contributed by atoms with Crippen molar-refractivity contribution in [2.45, 2.75) is 324 Å². The predicted octanol–water partition coefficient (Wildman–Crippen LogP) is 17.4. The van der Waals surface area contributed by atoms with Gasteiger partial charge in [-0.15, -0.1) is 0 Å². The maximum atomic E-state index is 13.0. The van der Waals surface area contributed by atoms with Gasteiger partial charge in [-0.1, -0.05) is 254 Å². The smallest absolute Gasteiger partial charge is 0.462 e. The first-order valence-electron chi connectivity index (χ1n) is 33.3. The summed E-state index contributed by atoms with van der Waals surface area (Å²) in [5.41, 5.74) is 0. The minimum atomic E-state index is -4.95. The second kappa shape index (κ2) is 54.2. The largest absolute Gasteiger partial charge is 0.472 e. The topological polar surface area (TPSA) is 237 Å². The van der Waals surface area contributed by atoms with E-state index in [1.807, 2.05) is 0 Å². The first-order valence-corrected chi connectivity index (χ1v) is 36.3. The summed E-state index contributed by atoms with van der Waals surface area (Å²) in [4.78, 5) is 72.2. The number of phosphoric acid groups is 2. The van der Waals surface area contributed by atoms with Gasteiger partial charge in [-0.3, -0.25) is 37.3 Å². The van der Waals surface area contributed by atoms with Crippen molar-refractivity contribution in [1.82, 2.24) is 0 Å². The fraction of sp³-hybridized carbons (Fsp3) is 0.938. The van der Waals surface area contributed by atoms with Crippen molar-refractivity contribution < 1.29 is 80.2 Å². The molecule has 0 aromatic carbocycles. The highest BCUT2D eigenvalue weighted by atomic mass is 31.2. The summed E-state index contributed by atoms with van der Waals surface area (Å²) < 4.78 is 68.0. The van der Waals surface area contributed by atoms with Crippen LogP contribution < -0.4 is 0 Å². The zero-order valence-electron chi connectivity index (χ0n) is 53.8. The van der Waals surface area contributed by atoms with E-state index in [0.29, 0.717) is 25.7 Å². The summed E-state index contributed by atoms with van der Waals surface area (Å²) in [6.45, 7) is 13.9. The monoisotopic (exact) mass is 1230 g/mol. The molecule has 0 aliphatic heterocycles. The zero-order valence-corrected chi connectivity index (χ0v) is 55.6. The SMILES string of the molecule is CCC(C)CCCCCCCCC(=O)OC[C@H](COP(=O)(O)OC[C@H](O)COP(=O)(O)OC[C@@H](COC(=O)CCCCCCCCCCC(C)C)OC(=O)CCCCCCCCCCCC(C)C)OC(=O)CCCCCCCCC(C)CC. The van der Waals surface area contributed by atoms with Crippen molar-refractivity contribution in [2.75, 3.05) is 39.6 Å². The molecule has 3 N–H and O–H groups in total. The van der Waals surface area contributed by atoms with Gasteiger partial charge in [0.2, 0.25) is 0 Å². The van der Waals surface area contributed by atoms with E-state index in [0.717, 1.165) is 120 Å². The second-order valence-corrected chi connectivity index (χ2v) is 27.5. The molecule has 0 aliphatic rings. The summed E-state index contributed by atoms with van der Waals surface area (Å²) in [6, 6.07) is 0. The third-order valence-electron chi connectivity index (χ3n) is 15.3. The van der Waals surface area contributed by atoms with Gasteiger partial charge in [0.15, 0.2) is 12.2 Å². The van der Waals surface area contributed by atoms with E-state index in [1.54, 1.807) is 0 Å². The fourth-order valence-corrected chi connectivity index (χ4v) is 10.9. The summed E-state index contributed by atoms with van der Waals surface area (Å²) >= 11 is 0. The average molecular weight is 1230 g/mol. The average Bonchev–Trinajstić information content (AvgIpc) is 3.44. The molecule has 0 heterocycles. The summed E-state index contributed by atoms with van der Waals surface area (Å²) in [6.07, 6.45) is 33.6. The number of carbonyl (C=O) groups is 4. The Labute approximate surface area is 505 Å². The summed E-state index contributed by atoms with van der Waals surface area (Å²) in [5.74, 6) is 0.771. The third-order valence-corrected chi connectivity index (χ3v) is 17.2. The standard InChI is InChI=1S/C64H124O17P2/c1-9-56(7)42-34-26-20-22-29-37-45-62(67)75-51-60(81-64(69)47-39-31-23-21-27-35-43-57(8)10-2)53-79-83(72,73)77-49-58(65)48-76-82(70,71)78-52-59(50-74-61(66)44-36-28-18-15-14-17-25-33-41-55(5)6)80-63(68)46-38-30-19-13-11-12-16-24-32-40-54(3)4/h54-60,65H,9-53H2,1-8H3,(H,70,71)(H,72,73)/t56?,57?,58-,59-,60-/m1/s1. The van der Waals surface area contributed by atoms with Crippen LogP contribution in [0.25, 0.3) is 0 Å². The Kier molecular flexibility index (Phi) is 53.0. The number of esters is 4. The van der Waals surface area contributed by atoms with Crippen LogP contribution in [0.4, 0.5) is 0 Å². The van der Waals surface area contributed by atoms with Crippen LogP contribution in [0.5, 0.6) is 0 Å². The molecule has 492 valence electrons. The van der Waals surface area contributed by atoms with E-state index in [-0.39, 0.29) is 25.7 Å². The van der Waals surface area contributed by atoms with Gasteiger partial charge in [-0.05, 0) is 49.4 Å². The molecule has 7 atom stereocenters. The third kappa shape index (κ3) is 56.3. The fourth-order valence-electron chi connectivity index (χ4n) is 9.36. The number of carbonyl (C=O) groups excluding carboxylic acids is 4. The molecule has 83 heavy (non-hydrogen) atoms. The molecule has 0 aromatic rings. The highest BCUT2D eigenvalue weighted by Crippen LogP contribution is 2.45.